The highest BCUT2D eigenvalue weighted by Crippen LogP contribution is 2.34. The molecular formula is C13H9BrCl2O2. The monoisotopic (exact) mass is 346 g/mol. The molecule has 0 atom stereocenters. The minimum atomic E-state index is -0.127. The molecule has 0 unspecified atom stereocenters. The van der Waals surface area contributed by atoms with Crippen molar-refractivity contribution in [3.05, 3.63) is 56.5 Å². The van der Waals surface area contributed by atoms with Gasteiger partial charge in [0.05, 0.1) is 11.6 Å². The van der Waals surface area contributed by atoms with Gasteiger partial charge in [-0.25, -0.2) is 0 Å². The van der Waals surface area contributed by atoms with E-state index in [1.807, 2.05) is 6.07 Å². The molecule has 0 radical (unpaired) electrons. The maximum atomic E-state index is 9.25. The Morgan fingerprint density at radius 2 is 1.83 bits per heavy atom. The maximum absolute atomic E-state index is 9.25. The molecule has 2 nitrogen and oxygen atoms in total. The molecule has 0 amide bonds. The van der Waals surface area contributed by atoms with Crippen molar-refractivity contribution in [2.45, 2.75) is 6.61 Å². The fraction of sp³-hybridized carbons (Fsp3) is 0.0769. The lowest BCUT2D eigenvalue weighted by Gasteiger charge is -2.11. The Labute approximate surface area is 123 Å². The third-order valence-corrected chi connectivity index (χ3v) is 3.35. The number of rotatable bonds is 3. The van der Waals surface area contributed by atoms with Gasteiger partial charge in [-0.2, -0.15) is 0 Å². The molecule has 94 valence electrons. The zero-order valence-corrected chi connectivity index (χ0v) is 12.3. The second-order valence-electron chi connectivity index (χ2n) is 3.59. The Morgan fingerprint density at radius 1 is 1.06 bits per heavy atom. The first-order chi connectivity index (χ1) is 8.60. The standard InChI is InChI=1S/C13H9BrCl2O2/c14-9-2-4-11(16)13(5-9)18-12-6-10(15)3-1-8(12)7-17/h1-6,17H,7H2. The number of hydrogen-bond donors (Lipinski definition) is 1. The fourth-order valence-electron chi connectivity index (χ4n) is 1.43. The van der Waals surface area contributed by atoms with Gasteiger partial charge in [0.1, 0.15) is 11.5 Å². The van der Waals surface area contributed by atoms with Gasteiger partial charge in [0.15, 0.2) is 0 Å². The van der Waals surface area contributed by atoms with Gasteiger partial charge in [0.2, 0.25) is 0 Å². The average molecular weight is 348 g/mol. The summed E-state index contributed by atoms with van der Waals surface area (Å²) in [6, 6.07) is 10.4. The first-order valence-corrected chi connectivity index (χ1v) is 6.67. The normalized spacial score (nSPS) is 10.4. The molecule has 2 aromatic rings. The van der Waals surface area contributed by atoms with Crippen molar-refractivity contribution < 1.29 is 9.84 Å². The Hall–Kier alpha value is -0.740. The molecule has 0 aliphatic carbocycles. The van der Waals surface area contributed by atoms with Crippen LogP contribution in [0, 0.1) is 0 Å². The van der Waals surface area contributed by atoms with E-state index in [0.29, 0.717) is 27.1 Å². The van der Waals surface area contributed by atoms with E-state index in [-0.39, 0.29) is 6.61 Å². The van der Waals surface area contributed by atoms with Gasteiger partial charge in [0.25, 0.3) is 0 Å². The summed E-state index contributed by atoms with van der Waals surface area (Å²) < 4.78 is 6.54. The van der Waals surface area contributed by atoms with Gasteiger partial charge in [-0.15, -0.1) is 0 Å². The minimum Gasteiger partial charge on any atom is -0.455 e. The van der Waals surface area contributed by atoms with Crippen LogP contribution in [0.15, 0.2) is 40.9 Å². The summed E-state index contributed by atoms with van der Waals surface area (Å²) in [5.41, 5.74) is 0.649. The van der Waals surface area contributed by atoms with Crippen LogP contribution in [0.4, 0.5) is 0 Å². The highest BCUT2D eigenvalue weighted by Gasteiger charge is 2.08. The number of hydrogen-bond acceptors (Lipinski definition) is 2. The van der Waals surface area contributed by atoms with Crippen LogP contribution >= 0.6 is 39.1 Å². The summed E-state index contributed by atoms with van der Waals surface area (Å²) in [5.74, 6) is 0.994. The van der Waals surface area contributed by atoms with Crippen LogP contribution in [0.25, 0.3) is 0 Å². The second-order valence-corrected chi connectivity index (χ2v) is 5.35. The number of aliphatic hydroxyl groups is 1. The van der Waals surface area contributed by atoms with Gasteiger partial charge in [-0.05, 0) is 30.3 Å². The van der Waals surface area contributed by atoms with Gasteiger partial charge < -0.3 is 9.84 Å². The van der Waals surface area contributed by atoms with Gasteiger partial charge >= 0.3 is 0 Å². The molecule has 5 heteroatoms. The van der Waals surface area contributed by atoms with E-state index in [1.165, 1.54) is 0 Å². The molecule has 0 aliphatic heterocycles. The van der Waals surface area contributed by atoms with E-state index in [2.05, 4.69) is 15.9 Å². The van der Waals surface area contributed by atoms with Crippen molar-refractivity contribution in [3.63, 3.8) is 0 Å². The molecule has 0 aliphatic rings. The molecule has 0 saturated carbocycles. The molecule has 1 N–H and O–H groups in total. The SMILES string of the molecule is OCc1ccc(Cl)cc1Oc1cc(Br)ccc1Cl. The summed E-state index contributed by atoms with van der Waals surface area (Å²) in [6.07, 6.45) is 0. The quantitative estimate of drug-likeness (QED) is 0.842. The van der Waals surface area contributed by atoms with E-state index in [9.17, 15) is 5.11 Å². The predicted octanol–water partition coefficient (Wildman–Crippen LogP) is 5.04. The van der Waals surface area contributed by atoms with Crippen LogP contribution in [-0.2, 0) is 6.61 Å². The van der Waals surface area contributed by atoms with Crippen LogP contribution in [0.1, 0.15) is 5.56 Å². The van der Waals surface area contributed by atoms with E-state index in [0.717, 1.165) is 4.47 Å². The van der Waals surface area contributed by atoms with Crippen molar-refractivity contribution in [3.8, 4) is 11.5 Å². The zero-order valence-electron chi connectivity index (χ0n) is 9.16. The van der Waals surface area contributed by atoms with Gasteiger partial charge in [-0.3, -0.25) is 0 Å². The van der Waals surface area contributed by atoms with E-state index in [4.69, 9.17) is 27.9 Å². The van der Waals surface area contributed by atoms with Gasteiger partial charge in [-0.1, -0.05) is 45.2 Å². The average Bonchev–Trinajstić information content (AvgIpc) is 2.34. The fourth-order valence-corrected chi connectivity index (χ4v) is 2.09. The molecule has 0 fully saturated rings. The second kappa shape index (κ2) is 5.93. The lowest BCUT2D eigenvalue weighted by atomic mass is 10.2. The summed E-state index contributed by atoms with van der Waals surface area (Å²) >= 11 is 15.3. The number of ether oxygens (including phenoxy) is 1. The first kappa shape index (κ1) is 13.7. The molecule has 2 rings (SSSR count). The molecule has 18 heavy (non-hydrogen) atoms. The number of benzene rings is 2. The number of halogens is 3. The lowest BCUT2D eigenvalue weighted by Crippen LogP contribution is -1.92. The third-order valence-electron chi connectivity index (χ3n) is 2.31. The van der Waals surface area contributed by atoms with E-state index in [1.54, 1.807) is 30.3 Å². The topological polar surface area (TPSA) is 29.5 Å². The Morgan fingerprint density at radius 3 is 2.56 bits per heavy atom. The maximum Gasteiger partial charge on any atom is 0.147 e. The van der Waals surface area contributed by atoms with Crippen molar-refractivity contribution in [1.82, 2.24) is 0 Å². The summed E-state index contributed by atoms with van der Waals surface area (Å²) in [6.45, 7) is -0.127. The lowest BCUT2D eigenvalue weighted by molar-refractivity contribution is 0.276. The van der Waals surface area contributed by atoms with Crippen molar-refractivity contribution in [2.75, 3.05) is 0 Å². The van der Waals surface area contributed by atoms with Crippen LogP contribution < -0.4 is 4.74 Å². The molecule has 0 bridgehead atoms. The highest BCUT2D eigenvalue weighted by molar-refractivity contribution is 9.10. The van der Waals surface area contributed by atoms with Crippen LogP contribution in [0.2, 0.25) is 10.0 Å². The largest absolute Gasteiger partial charge is 0.455 e. The Balaban J connectivity index is 2.38. The molecule has 0 spiro atoms. The Bertz CT molecular complexity index is 573. The van der Waals surface area contributed by atoms with Crippen LogP contribution in [-0.4, -0.2) is 5.11 Å². The highest BCUT2D eigenvalue weighted by atomic mass is 79.9. The van der Waals surface area contributed by atoms with Gasteiger partial charge in [0, 0.05) is 15.1 Å². The van der Waals surface area contributed by atoms with Crippen molar-refractivity contribution >= 4 is 39.1 Å². The van der Waals surface area contributed by atoms with Crippen molar-refractivity contribution in [1.29, 1.82) is 0 Å². The number of aliphatic hydroxyl groups excluding tert-OH is 1. The van der Waals surface area contributed by atoms with Crippen molar-refractivity contribution in [2.24, 2.45) is 0 Å². The molecule has 0 heterocycles. The molecule has 0 aromatic heterocycles. The predicted molar refractivity (Wildman–Crippen MR) is 76.6 cm³/mol. The molecular weight excluding hydrogens is 339 g/mol. The summed E-state index contributed by atoms with van der Waals surface area (Å²) in [4.78, 5) is 0. The third kappa shape index (κ3) is 3.18. The first-order valence-electron chi connectivity index (χ1n) is 5.12. The van der Waals surface area contributed by atoms with E-state index >= 15 is 0 Å². The molecule has 2 aromatic carbocycles. The summed E-state index contributed by atoms with van der Waals surface area (Å²) in [5, 5.41) is 10.3. The van der Waals surface area contributed by atoms with Crippen LogP contribution in [0.3, 0.4) is 0 Å². The Kier molecular flexibility index (Phi) is 4.51. The van der Waals surface area contributed by atoms with E-state index < -0.39 is 0 Å². The minimum absolute atomic E-state index is 0.127. The summed E-state index contributed by atoms with van der Waals surface area (Å²) in [7, 11) is 0. The molecule has 0 saturated heterocycles. The smallest absolute Gasteiger partial charge is 0.147 e. The zero-order chi connectivity index (χ0) is 13.1. The van der Waals surface area contributed by atoms with Crippen LogP contribution in [0.5, 0.6) is 11.5 Å².